The Morgan fingerprint density at radius 1 is 1.07 bits per heavy atom. The molecule has 1 spiro atoms. The van der Waals surface area contributed by atoms with Gasteiger partial charge in [0.25, 0.3) is 0 Å². The normalized spacial score (nSPS) is 19.5. The molecule has 3 fully saturated rings. The highest BCUT2D eigenvalue weighted by atomic mass is 16.2. The van der Waals surface area contributed by atoms with Crippen LogP contribution in [0.5, 0.6) is 0 Å². The summed E-state index contributed by atoms with van der Waals surface area (Å²) in [6, 6.07) is 6.85. The van der Waals surface area contributed by atoms with Crippen LogP contribution < -0.4 is 15.5 Å². The average Bonchev–Trinajstić information content (AvgIpc) is 3.71. The van der Waals surface area contributed by atoms with Crippen LogP contribution in [-0.4, -0.2) is 67.5 Å². The molecule has 0 atom stereocenters. The number of fused-ring (bicyclic) bond motifs is 1. The molecule has 0 aromatic carbocycles. The molecule has 1 amide bonds. The number of carbonyl (C=O) groups excluding carboxylic acids is 1. The highest BCUT2D eigenvalue weighted by molar-refractivity contribution is 5.84. The van der Waals surface area contributed by atoms with Crippen molar-refractivity contribution in [3.63, 3.8) is 0 Å². The molecule has 2 saturated heterocycles. The van der Waals surface area contributed by atoms with Crippen molar-refractivity contribution < 1.29 is 4.79 Å². The van der Waals surface area contributed by atoms with Crippen LogP contribution in [0.25, 0.3) is 28.0 Å². The minimum atomic E-state index is -0.326. The predicted octanol–water partition coefficient (Wildman–Crippen LogP) is 4.75. The molecule has 7 rings (SSSR count). The fourth-order valence-corrected chi connectivity index (χ4v) is 7.45. The molecule has 2 N–H and O–H groups in total. The van der Waals surface area contributed by atoms with Gasteiger partial charge in [0.05, 0.1) is 41.4 Å². The molecule has 1 aliphatic carbocycles. The summed E-state index contributed by atoms with van der Waals surface area (Å²) < 4.78 is 3.85. The molecule has 4 aromatic heterocycles. The van der Waals surface area contributed by atoms with Crippen LogP contribution >= 0.6 is 0 Å². The van der Waals surface area contributed by atoms with Gasteiger partial charge in [-0.15, -0.1) is 0 Å². The Morgan fingerprint density at radius 3 is 2.47 bits per heavy atom. The molecule has 6 heterocycles. The van der Waals surface area contributed by atoms with Gasteiger partial charge in [-0.25, -0.2) is 14.5 Å². The smallest absolute Gasteiger partial charge is 0.226 e. The van der Waals surface area contributed by atoms with E-state index in [-0.39, 0.29) is 17.4 Å². The Hall–Kier alpha value is -4.30. The van der Waals surface area contributed by atoms with Gasteiger partial charge in [0.1, 0.15) is 23.0 Å². The van der Waals surface area contributed by atoms with Crippen molar-refractivity contribution >= 4 is 17.2 Å². The first-order chi connectivity index (χ1) is 21.8. The second-order valence-electron chi connectivity index (χ2n) is 13.6. The molecule has 11 nitrogen and oxygen atoms in total. The number of hydrogen-bond acceptors (Lipinski definition) is 8. The van der Waals surface area contributed by atoms with Gasteiger partial charge in [-0.05, 0) is 76.3 Å². The van der Waals surface area contributed by atoms with Crippen molar-refractivity contribution in [1.29, 1.82) is 5.26 Å². The van der Waals surface area contributed by atoms with E-state index >= 15 is 0 Å². The van der Waals surface area contributed by atoms with E-state index in [1.54, 1.807) is 10.7 Å². The van der Waals surface area contributed by atoms with E-state index in [9.17, 15) is 10.1 Å². The lowest BCUT2D eigenvalue weighted by molar-refractivity contribution is -0.133. The Morgan fingerprint density at radius 2 is 1.84 bits per heavy atom. The topological polar surface area (TPSA) is 129 Å². The van der Waals surface area contributed by atoms with Crippen molar-refractivity contribution in [3.8, 4) is 28.6 Å². The van der Waals surface area contributed by atoms with Gasteiger partial charge >= 0.3 is 0 Å². The number of nitrogens with zero attached hydrogens (tertiary/aromatic N) is 8. The van der Waals surface area contributed by atoms with E-state index in [0.29, 0.717) is 28.2 Å². The molecule has 2 aliphatic heterocycles. The van der Waals surface area contributed by atoms with Gasteiger partial charge in [0, 0.05) is 55.7 Å². The zero-order chi connectivity index (χ0) is 31.2. The van der Waals surface area contributed by atoms with Crippen LogP contribution in [0.4, 0.5) is 5.82 Å². The molecule has 0 bridgehead atoms. The maximum atomic E-state index is 13.0. The molecule has 0 radical (unpaired) electrons. The fraction of sp³-hybridized carbons (Fsp3) is 0.529. The molecule has 45 heavy (non-hydrogen) atoms. The molecule has 0 unspecified atom stereocenters. The van der Waals surface area contributed by atoms with Gasteiger partial charge in [0.2, 0.25) is 5.91 Å². The van der Waals surface area contributed by atoms with Crippen molar-refractivity contribution in [2.24, 2.45) is 10.8 Å². The first-order valence-electron chi connectivity index (χ1n) is 16.4. The summed E-state index contributed by atoms with van der Waals surface area (Å²) in [5.74, 6) is 1.04. The van der Waals surface area contributed by atoms with Gasteiger partial charge < -0.3 is 15.5 Å². The summed E-state index contributed by atoms with van der Waals surface area (Å²) in [6.07, 6.45) is 16.5. The monoisotopic (exact) mass is 606 g/mol. The summed E-state index contributed by atoms with van der Waals surface area (Å²) in [5, 5.41) is 25.7. The average molecular weight is 607 g/mol. The van der Waals surface area contributed by atoms with Crippen molar-refractivity contribution in [2.45, 2.75) is 77.8 Å². The Balaban J connectivity index is 1.13. The Bertz CT molecular complexity index is 1720. The van der Waals surface area contributed by atoms with E-state index in [4.69, 9.17) is 15.1 Å². The molecule has 1 saturated carbocycles. The van der Waals surface area contributed by atoms with Crippen LogP contribution in [0.2, 0.25) is 0 Å². The van der Waals surface area contributed by atoms with Gasteiger partial charge in [-0.2, -0.15) is 15.5 Å². The van der Waals surface area contributed by atoms with E-state index in [0.717, 1.165) is 80.9 Å². The van der Waals surface area contributed by atoms with Crippen LogP contribution in [0, 0.1) is 22.2 Å². The lowest BCUT2D eigenvalue weighted by atomic mass is 9.68. The summed E-state index contributed by atoms with van der Waals surface area (Å²) in [6.45, 7) is 9.97. The first kappa shape index (κ1) is 29.4. The zero-order valence-corrected chi connectivity index (χ0v) is 26.5. The minimum absolute atomic E-state index is 0.134. The highest BCUT2D eigenvalue weighted by Gasteiger charge is 2.41. The van der Waals surface area contributed by atoms with Crippen LogP contribution in [-0.2, 0) is 4.79 Å². The minimum Gasteiger partial charge on any atom is -0.357 e. The van der Waals surface area contributed by atoms with E-state index in [1.165, 1.54) is 12.8 Å². The Kier molecular flexibility index (Phi) is 7.56. The van der Waals surface area contributed by atoms with Gasteiger partial charge in [-0.1, -0.05) is 6.92 Å². The summed E-state index contributed by atoms with van der Waals surface area (Å²) >= 11 is 0. The SMILES string of the molecule is CCC1(C(=O)NC(C)C)CCN(c2ccc(-c3nc(-c4cnn(C5CCC6(CC5)CNC6)c4)cn4ncc(C#N)c34)cn2)CC1. The molecule has 4 aromatic rings. The largest absolute Gasteiger partial charge is 0.357 e. The molecule has 11 heteroatoms. The highest BCUT2D eigenvalue weighted by Crippen LogP contribution is 2.43. The van der Waals surface area contributed by atoms with E-state index < -0.39 is 0 Å². The maximum absolute atomic E-state index is 13.0. The number of rotatable bonds is 7. The van der Waals surface area contributed by atoms with E-state index in [1.807, 2.05) is 44.6 Å². The number of carbonyl (C=O) groups is 1. The number of aromatic nitrogens is 6. The van der Waals surface area contributed by atoms with Crippen LogP contribution in [0.3, 0.4) is 0 Å². The number of nitrogens with one attached hydrogen (secondary N) is 2. The summed E-state index contributed by atoms with van der Waals surface area (Å²) in [7, 11) is 0. The maximum Gasteiger partial charge on any atom is 0.226 e. The number of anilines is 1. The Labute approximate surface area is 264 Å². The second-order valence-corrected chi connectivity index (χ2v) is 13.6. The zero-order valence-electron chi connectivity index (χ0n) is 26.5. The first-order valence-corrected chi connectivity index (χ1v) is 16.4. The van der Waals surface area contributed by atoms with Crippen LogP contribution in [0.1, 0.15) is 77.3 Å². The second kappa shape index (κ2) is 11.6. The molecular weight excluding hydrogens is 564 g/mol. The third-order valence-corrected chi connectivity index (χ3v) is 10.5. The third-order valence-electron chi connectivity index (χ3n) is 10.5. The quantitative estimate of drug-likeness (QED) is 0.308. The molecule has 234 valence electrons. The molecular formula is C34H42N10O. The third kappa shape index (κ3) is 5.35. The van der Waals surface area contributed by atoms with Crippen molar-refractivity contribution in [1.82, 2.24) is 40.0 Å². The number of hydrogen-bond donors (Lipinski definition) is 2. The fourth-order valence-electron chi connectivity index (χ4n) is 7.45. The number of pyridine rings is 1. The number of amides is 1. The summed E-state index contributed by atoms with van der Waals surface area (Å²) in [4.78, 5) is 25.2. The van der Waals surface area contributed by atoms with E-state index in [2.05, 4.69) is 44.5 Å². The number of piperidine rings is 1. The standard InChI is InChI=1S/C34H42N10O/c1-4-34(32(45)40-23(2)3)11-13-42(14-12-34)29-6-5-24(16-37-29)30-31-25(15-35)17-39-44(31)20-28(41-30)26-18-38-43(19-26)27-7-9-33(10-8-27)21-36-22-33/h5-6,16-20,23,27,36H,4,7-14,21-22H2,1-3H3,(H,40,45). The number of nitriles is 1. The lowest BCUT2D eigenvalue weighted by Crippen LogP contribution is -2.54. The lowest BCUT2D eigenvalue weighted by Gasteiger charge is -2.47. The van der Waals surface area contributed by atoms with Gasteiger partial charge in [0.15, 0.2) is 0 Å². The van der Waals surface area contributed by atoms with Crippen molar-refractivity contribution in [2.75, 3.05) is 31.1 Å². The van der Waals surface area contributed by atoms with Gasteiger partial charge in [-0.3, -0.25) is 9.48 Å². The predicted molar refractivity (Wildman–Crippen MR) is 172 cm³/mol. The summed E-state index contributed by atoms with van der Waals surface area (Å²) in [5.41, 5.74) is 4.48. The van der Waals surface area contributed by atoms with Crippen molar-refractivity contribution in [3.05, 3.63) is 48.7 Å². The molecule has 3 aliphatic rings. The van der Waals surface area contributed by atoms with Crippen LogP contribution in [0.15, 0.2) is 43.1 Å².